The van der Waals surface area contributed by atoms with Crippen molar-refractivity contribution in [3.05, 3.63) is 86.3 Å². The van der Waals surface area contributed by atoms with Crippen molar-refractivity contribution in [3.8, 4) is 22.4 Å². The second-order valence-corrected chi connectivity index (χ2v) is 10.7. The van der Waals surface area contributed by atoms with E-state index in [-0.39, 0.29) is 39.9 Å². The minimum absolute atomic E-state index is 0.0340. The lowest BCUT2D eigenvalue weighted by Crippen LogP contribution is -2.41. The molecule has 1 atom stereocenters. The number of aromatic amines is 1. The highest BCUT2D eigenvalue weighted by atomic mass is 35.5. The fraction of sp³-hybridized carbons (Fsp3) is 0.259. The van der Waals surface area contributed by atoms with Crippen LogP contribution in [0.15, 0.2) is 41.2 Å². The number of carbonyl (C=O) groups is 1. The molecule has 1 spiro atoms. The van der Waals surface area contributed by atoms with E-state index < -0.39 is 17.9 Å². The number of H-pyrrole nitrogens is 1. The number of nitrogens with zero attached hydrogens (tertiary/aromatic N) is 3. The van der Waals surface area contributed by atoms with Crippen molar-refractivity contribution >= 4 is 23.3 Å². The molecule has 7 rings (SSSR count). The van der Waals surface area contributed by atoms with E-state index in [1.807, 2.05) is 12.1 Å². The number of benzene rings is 1. The Hall–Kier alpha value is -4.05. The molecule has 1 aromatic carbocycles. The molecule has 0 bridgehead atoms. The lowest BCUT2D eigenvalue weighted by Gasteiger charge is -2.26. The van der Waals surface area contributed by atoms with Gasteiger partial charge >= 0.3 is 0 Å². The molecule has 38 heavy (non-hydrogen) atoms. The summed E-state index contributed by atoms with van der Waals surface area (Å²) in [6.45, 7) is 0. The highest BCUT2D eigenvalue weighted by molar-refractivity contribution is 6.31. The van der Waals surface area contributed by atoms with Gasteiger partial charge in [0.15, 0.2) is 0 Å². The van der Waals surface area contributed by atoms with Gasteiger partial charge in [0, 0.05) is 27.9 Å². The maximum atomic E-state index is 14.9. The number of rotatable bonds is 2. The van der Waals surface area contributed by atoms with Crippen LogP contribution in [-0.2, 0) is 12.8 Å². The van der Waals surface area contributed by atoms with Crippen LogP contribution in [0, 0.1) is 11.9 Å². The number of anilines is 1. The molecule has 1 fully saturated rings. The van der Waals surface area contributed by atoms with E-state index in [9.17, 15) is 18.4 Å². The number of amides is 1. The summed E-state index contributed by atoms with van der Waals surface area (Å²) in [5.41, 5.74) is 7.85. The third-order valence-electron chi connectivity index (χ3n) is 7.80. The Morgan fingerprint density at radius 2 is 1.84 bits per heavy atom. The smallest absolute Gasteiger partial charge is 0.254 e. The van der Waals surface area contributed by atoms with E-state index >= 15 is 0 Å². The van der Waals surface area contributed by atoms with E-state index in [0.29, 0.717) is 41.1 Å². The summed E-state index contributed by atoms with van der Waals surface area (Å²) >= 11 is 6.34. The van der Waals surface area contributed by atoms with Gasteiger partial charge in [0.1, 0.15) is 17.3 Å². The molecule has 4 N–H and O–H groups in total. The van der Waals surface area contributed by atoms with Crippen molar-refractivity contribution in [2.24, 2.45) is 0 Å². The molecular formula is C27H21ClF2N6O2. The fourth-order valence-electron chi connectivity index (χ4n) is 5.85. The molecule has 1 saturated carbocycles. The molecule has 1 unspecified atom stereocenters. The highest BCUT2D eigenvalue weighted by Gasteiger charge is 2.47. The van der Waals surface area contributed by atoms with Gasteiger partial charge in [-0.25, -0.2) is 9.97 Å². The summed E-state index contributed by atoms with van der Waals surface area (Å²) in [6.07, 6.45) is 3.21. The van der Waals surface area contributed by atoms with Crippen LogP contribution in [0.1, 0.15) is 52.7 Å². The largest absolute Gasteiger partial charge is 0.384 e. The Kier molecular flexibility index (Phi) is 4.85. The van der Waals surface area contributed by atoms with Crippen molar-refractivity contribution in [1.82, 2.24) is 24.8 Å². The topological polar surface area (TPSA) is 119 Å². The number of imidazole rings is 1. The predicted molar refractivity (Wildman–Crippen MR) is 137 cm³/mol. The summed E-state index contributed by atoms with van der Waals surface area (Å²) in [5.74, 6) is -1.98. The van der Waals surface area contributed by atoms with Crippen LogP contribution in [-0.4, -0.2) is 31.0 Å². The van der Waals surface area contributed by atoms with Crippen molar-refractivity contribution in [2.75, 3.05) is 5.73 Å². The summed E-state index contributed by atoms with van der Waals surface area (Å²) in [5, 5.41) is 3.72. The van der Waals surface area contributed by atoms with Crippen LogP contribution in [0.5, 0.6) is 0 Å². The summed E-state index contributed by atoms with van der Waals surface area (Å²) < 4.78 is 30.8. The Morgan fingerprint density at radius 3 is 2.61 bits per heavy atom. The Labute approximate surface area is 219 Å². The molecule has 8 nitrogen and oxygen atoms in total. The maximum Gasteiger partial charge on any atom is 0.254 e. The number of fused-ring (bicyclic) bond motifs is 5. The van der Waals surface area contributed by atoms with Crippen molar-refractivity contribution in [1.29, 1.82) is 0 Å². The maximum absolute atomic E-state index is 14.9. The Balaban J connectivity index is 1.38. The first kappa shape index (κ1) is 23.1. The van der Waals surface area contributed by atoms with Gasteiger partial charge in [-0.1, -0.05) is 17.7 Å². The minimum Gasteiger partial charge on any atom is -0.384 e. The molecule has 1 aliphatic carbocycles. The standard InChI is InChI=1S/C27H21ClF2N6O2/c28-13-2-1-12-11-27(7-8-27)35-26(38)21-16(15(12)9-13)10-20(37)36-17(21)4-5-18(36)25-33-22(24(30)34-25)14-3-6-19(31)32-23(14)29/h1-3,6,9-10,18H,4-5,7-8,11H2,(H2,31,32)(H,33,34)(H,35,38). The highest BCUT2D eigenvalue weighted by Crippen LogP contribution is 2.45. The molecule has 192 valence electrons. The van der Waals surface area contributed by atoms with Gasteiger partial charge in [0.05, 0.1) is 17.2 Å². The summed E-state index contributed by atoms with van der Waals surface area (Å²) in [4.78, 5) is 37.6. The molecule has 0 saturated heterocycles. The number of nitrogen functional groups attached to an aromatic ring is 1. The quantitative estimate of drug-likeness (QED) is 0.334. The summed E-state index contributed by atoms with van der Waals surface area (Å²) in [6, 6.07) is 9.03. The first-order chi connectivity index (χ1) is 18.2. The predicted octanol–water partition coefficient (Wildman–Crippen LogP) is 4.17. The molecule has 3 aliphatic rings. The molecule has 3 aromatic heterocycles. The monoisotopic (exact) mass is 534 g/mol. The first-order valence-corrected chi connectivity index (χ1v) is 12.7. The first-order valence-electron chi connectivity index (χ1n) is 12.3. The number of hydrogen-bond acceptors (Lipinski definition) is 5. The summed E-state index contributed by atoms with van der Waals surface area (Å²) in [7, 11) is 0. The van der Waals surface area contributed by atoms with Crippen LogP contribution in [0.3, 0.4) is 0 Å². The van der Waals surface area contributed by atoms with Gasteiger partial charge in [-0.2, -0.15) is 8.78 Å². The molecule has 0 radical (unpaired) electrons. The lowest BCUT2D eigenvalue weighted by atomic mass is 9.88. The van der Waals surface area contributed by atoms with Gasteiger partial charge in [-0.3, -0.25) is 9.59 Å². The number of nitrogens with one attached hydrogen (secondary N) is 2. The number of nitrogens with two attached hydrogens (primary N) is 1. The van der Waals surface area contributed by atoms with Crippen LogP contribution < -0.4 is 16.6 Å². The van der Waals surface area contributed by atoms with Crippen LogP contribution >= 0.6 is 11.6 Å². The second-order valence-electron chi connectivity index (χ2n) is 10.2. The second kappa shape index (κ2) is 7.97. The number of halogens is 3. The third-order valence-corrected chi connectivity index (χ3v) is 8.04. The SMILES string of the molecule is Nc1ccc(-c2[nH]c(C3CCc4c5c(cc(=O)n43)-c3cc(Cl)ccc3CC3(CC3)NC5=O)nc2F)c(F)n1. The third kappa shape index (κ3) is 3.47. The van der Waals surface area contributed by atoms with Crippen molar-refractivity contribution in [3.63, 3.8) is 0 Å². The Bertz CT molecular complexity index is 1740. The number of aromatic nitrogens is 4. The normalized spacial score (nSPS) is 18.8. The Morgan fingerprint density at radius 1 is 1.03 bits per heavy atom. The number of pyridine rings is 2. The van der Waals surface area contributed by atoms with E-state index in [4.69, 9.17) is 17.3 Å². The zero-order valence-electron chi connectivity index (χ0n) is 19.9. The lowest BCUT2D eigenvalue weighted by molar-refractivity contribution is 0.0929. The zero-order chi connectivity index (χ0) is 26.3. The van der Waals surface area contributed by atoms with Crippen LogP contribution in [0.25, 0.3) is 22.4 Å². The molecule has 11 heteroatoms. The van der Waals surface area contributed by atoms with E-state index in [0.717, 1.165) is 24.0 Å². The molecule has 4 aromatic rings. The minimum atomic E-state index is -0.938. The van der Waals surface area contributed by atoms with Gasteiger partial charge in [-0.05, 0) is 67.5 Å². The van der Waals surface area contributed by atoms with Gasteiger partial charge in [0.25, 0.3) is 11.5 Å². The van der Waals surface area contributed by atoms with Crippen LogP contribution in [0.2, 0.25) is 5.02 Å². The van der Waals surface area contributed by atoms with E-state index in [1.54, 1.807) is 6.07 Å². The number of hydrogen-bond donors (Lipinski definition) is 3. The average molecular weight is 535 g/mol. The van der Waals surface area contributed by atoms with E-state index in [1.165, 1.54) is 22.8 Å². The fourth-order valence-corrected chi connectivity index (χ4v) is 6.02. The average Bonchev–Trinajstić information content (AvgIpc) is 3.28. The molecule has 5 heterocycles. The van der Waals surface area contributed by atoms with Gasteiger partial charge in [-0.15, -0.1) is 0 Å². The molecule has 1 amide bonds. The molecular weight excluding hydrogens is 514 g/mol. The van der Waals surface area contributed by atoms with Crippen molar-refractivity contribution < 1.29 is 13.6 Å². The van der Waals surface area contributed by atoms with E-state index in [2.05, 4.69) is 20.3 Å². The zero-order valence-corrected chi connectivity index (χ0v) is 20.7. The number of carbonyl (C=O) groups excluding carboxylic acids is 1. The van der Waals surface area contributed by atoms with Gasteiger partial charge in [0.2, 0.25) is 11.9 Å². The van der Waals surface area contributed by atoms with Crippen molar-refractivity contribution in [2.45, 2.75) is 43.7 Å². The molecule has 2 aliphatic heterocycles. The van der Waals surface area contributed by atoms with Gasteiger partial charge < -0.3 is 20.6 Å². The van der Waals surface area contributed by atoms with Crippen LogP contribution in [0.4, 0.5) is 14.6 Å².